The summed E-state index contributed by atoms with van der Waals surface area (Å²) in [5.41, 5.74) is 3.14. The molecule has 0 saturated heterocycles. The summed E-state index contributed by atoms with van der Waals surface area (Å²) in [7, 11) is 3.64. The number of hydrogen-bond donors (Lipinski definition) is 1. The lowest BCUT2D eigenvalue weighted by molar-refractivity contribution is 0.624. The molecule has 1 aromatic heterocycles. The van der Waals surface area contributed by atoms with Crippen molar-refractivity contribution in [2.75, 3.05) is 24.3 Å². The summed E-state index contributed by atoms with van der Waals surface area (Å²) in [4.78, 5) is 10.4. The third-order valence-corrected chi connectivity index (χ3v) is 3.03. The highest BCUT2D eigenvalue weighted by atomic mass is 19.1. The van der Waals surface area contributed by atoms with Crippen molar-refractivity contribution in [1.82, 2.24) is 9.97 Å². The van der Waals surface area contributed by atoms with E-state index < -0.39 is 0 Å². The Morgan fingerprint density at radius 2 is 2.00 bits per heavy atom. The van der Waals surface area contributed by atoms with Gasteiger partial charge in [0, 0.05) is 26.8 Å². The van der Waals surface area contributed by atoms with Crippen molar-refractivity contribution in [2.24, 2.45) is 0 Å². The largest absolute Gasteiger partial charge is 0.375 e. The Morgan fingerprint density at radius 3 is 2.65 bits per heavy atom. The molecule has 1 N–H and O–H groups in total. The maximum Gasteiger partial charge on any atom is 0.148 e. The van der Waals surface area contributed by atoms with Crippen molar-refractivity contribution in [2.45, 2.75) is 20.4 Å². The topological polar surface area (TPSA) is 41.1 Å². The van der Waals surface area contributed by atoms with Crippen LogP contribution in [0.25, 0.3) is 0 Å². The smallest absolute Gasteiger partial charge is 0.148 e. The summed E-state index contributed by atoms with van der Waals surface area (Å²) in [6, 6.07) is 5.23. The highest BCUT2D eigenvalue weighted by molar-refractivity contribution is 5.48. The number of nitrogens with one attached hydrogen (secondary N) is 1. The first-order valence-corrected chi connectivity index (χ1v) is 6.47. The molecular formula is C15H19FN4. The SMILES string of the molecule is Cc1cnc(C)c(NCc2ccc(N(C)C)c(F)c2)n1. The number of aryl methyl sites for hydroxylation is 2. The lowest BCUT2D eigenvalue weighted by Crippen LogP contribution is -2.11. The van der Waals surface area contributed by atoms with E-state index in [1.165, 1.54) is 0 Å². The van der Waals surface area contributed by atoms with Gasteiger partial charge in [-0.15, -0.1) is 0 Å². The number of anilines is 2. The van der Waals surface area contributed by atoms with Gasteiger partial charge in [-0.25, -0.2) is 9.37 Å². The fourth-order valence-electron chi connectivity index (χ4n) is 1.91. The predicted octanol–water partition coefficient (Wildman–Crippen LogP) is 2.91. The van der Waals surface area contributed by atoms with Crippen molar-refractivity contribution >= 4 is 11.5 Å². The Labute approximate surface area is 118 Å². The minimum atomic E-state index is -0.221. The molecule has 106 valence electrons. The average Bonchev–Trinajstić information content (AvgIpc) is 2.39. The van der Waals surface area contributed by atoms with Crippen molar-refractivity contribution in [3.05, 3.63) is 47.2 Å². The quantitative estimate of drug-likeness (QED) is 0.930. The minimum Gasteiger partial charge on any atom is -0.375 e. The van der Waals surface area contributed by atoms with Crippen molar-refractivity contribution in [3.63, 3.8) is 0 Å². The molecule has 4 nitrogen and oxygen atoms in total. The zero-order valence-corrected chi connectivity index (χ0v) is 12.2. The van der Waals surface area contributed by atoms with E-state index in [4.69, 9.17) is 0 Å². The van der Waals surface area contributed by atoms with Gasteiger partial charge in [-0.1, -0.05) is 6.07 Å². The van der Waals surface area contributed by atoms with Crippen LogP contribution >= 0.6 is 0 Å². The fraction of sp³-hybridized carbons (Fsp3) is 0.333. The highest BCUT2D eigenvalue weighted by Crippen LogP contribution is 2.19. The van der Waals surface area contributed by atoms with E-state index in [2.05, 4.69) is 15.3 Å². The monoisotopic (exact) mass is 274 g/mol. The number of aromatic nitrogens is 2. The highest BCUT2D eigenvalue weighted by Gasteiger charge is 2.06. The zero-order valence-electron chi connectivity index (χ0n) is 12.2. The molecule has 5 heteroatoms. The molecule has 1 heterocycles. The van der Waals surface area contributed by atoms with Crippen LogP contribution in [0, 0.1) is 19.7 Å². The molecule has 0 radical (unpaired) electrons. The molecule has 2 aromatic rings. The summed E-state index contributed by atoms with van der Waals surface area (Å²) < 4.78 is 13.9. The molecule has 1 aromatic carbocycles. The lowest BCUT2D eigenvalue weighted by atomic mass is 10.2. The first-order valence-electron chi connectivity index (χ1n) is 6.47. The normalized spacial score (nSPS) is 10.4. The summed E-state index contributed by atoms with van der Waals surface area (Å²) in [5, 5.41) is 3.19. The van der Waals surface area contributed by atoms with Gasteiger partial charge in [-0.3, -0.25) is 4.98 Å². The molecule has 0 spiro atoms. The van der Waals surface area contributed by atoms with E-state index in [1.807, 2.05) is 34.0 Å². The van der Waals surface area contributed by atoms with Gasteiger partial charge in [0.25, 0.3) is 0 Å². The van der Waals surface area contributed by atoms with E-state index in [-0.39, 0.29) is 5.82 Å². The third-order valence-electron chi connectivity index (χ3n) is 3.03. The molecule has 0 unspecified atom stereocenters. The first kappa shape index (κ1) is 14.2. The molecule has 0 atom stereocenters. The van der Waals surface area contributed by atoms with E-state index in [0.717, 1.165) is 22.8 Å². The van der Waals surface area contributed by atoms with Gasteiger partial charge >= 0.3 is 0 Å². The summed E-state index contributed by atoms with van der Waals surface area (Å²) in [5.74, 6) is 0.517. The molecule has 0 bridgehead atoms. The minimum absolute atomic E-state index is 0.221. The van der Waals surface area contributed by atoms with E-state index in [0.29, 0.717) is 12.2 Å². The second-order valence-corrected chi connectivity index (χ2v) is 4.98. The molecule has 0 amide bonds. The summed E-state index contributed by atoms with van der Waals surface area (Å²) >= 11 is 0. The molecule has 0 aliphatic heterocycles. The van der Waals surface area contributed by atoms with Crippen LogP contribution in [0.1, 0.15) is 17.0 Å². The number of hydrogen-bond acceptors (Lipinski definition) is 4. The van der Waals surface area contributed by atoms with Crippen LogP contribution in [0.4, 0.5) is 15.9 Å². The summed E-state index contributed by atoms with van der Waals surface area (Å²) in [6.07, 6.45) is 1.73. The number of halogens is 1. The first-order chi connectivity index (χ1) is 9.47. The van der Waals surface area contributed by atoms with Gasteiger partial charge in [0.15, 0.2) is 0 Å². The Morgan fingerprint density at radius 1 is 1.25 bits per heavy atom. The molecule has 2 rings (SSSR count). The molecule has 0 aliphatic rings. The maximum atomic E-state index is 13.9. The molecule has 0 aliphatic carbocycles. The van der Waals surface area contributed by atoms with Gasteiger partial charge < -0.3 is 10.2 Å². The molecule has 20 heavy (non-hydrogen) atoms. The molecule has 0 saturated carbocycles. The fourth-order valence-corrected chi connectivity index (χ4v) is 1.91. The van der Waals surface area contributed by atoms with Crippen molar-refractivity contribution in [1.29, 1.82) is 0 Å². The van der Waals surface area contributed by atoms with E-state index in [1.54, 1.807) is 23.2 Å². The van der Waals surface area contributed by atoms with Crippen LogP contribution in [-0.2, 0) is 6.54 Å². The number of rotatable bonds is 4. The Hall–Kier alpha value is -2.17. The van der Waals surface area contributed by atoms with E-state index >= 15 is 0 Å². The maximum absolute atomic E-state index is 13.9. The molecule has 0 fully saturated rings. The Kier molecular flexibility index (Phi) is 4.17. The standard InChI is InChI=1S/C15H19FN4/c1-10-8-17-11(2)15(19-10)18-9-12-5-6-14(20(3)4)13(16)7-12/h5-8H,9H2,1-4H3,(H,18,19). The molecular weight excluding hydrogens is 255 g/mol. The number of nitrogens with zero attached hydrogens (tertiary/aromatic N) is 3. The summed E-state index contributed by atoms with van der Waals surface area (Å²) in [6.45, 7) is 4.30. The van der Waals surface area contributed by atoms with Gasteiger partial charge in [0.1, 0.15) is 11.6 Å². The van der Waals surface area contributed by atoms with Crippen molar-refractivity contribution in [3.8, 4) is 0 Å². The lowest BCUT2D eigenvalue weighted by Gasteiger charge is -2.14. The average molecular weight is 274 g/mol. The van der Waals surface area contributed by atoms with Crippen molar-refractivity contribution < 1.29 is 4.39 Å². The third kappa shape index (κ3) is 3.23. The van der Waals surface area contributed by atoms with Crippen LogP contribution in [0.2, 0.25) is 0 Å². The van der Waals surface area contributed by atoms with Crippen LogP contribution < -0.4 is 10.2 Å². The Balaban J connectivity index is 2.11. The van der Waals surface area contributed by atoms with Crippen LogP contribution in [-0.4, -0.2) is 24.1 Å². The Bertz CT molecular complexity index is 611. The van der Waals surface area contributed by atoms with Gasteiger partial charge in [-0.05, 0) is 31.5 Å². The predicted molar refractivity (Wildman–Crippen MR) is 79.6 cm³/mol. The second kappa shape index (κ2) is 5.86. The second-order valence-electron chi connectivity index (χ2n) is 4.98. The van der Waals surface area contributed by atoms with Gasteiger partial charge in [0.2, 0.25) is 0 Å². The van der Waals surface area contributed by atoms with Gasteiger partial charge in [-0.2, -0.15) is 0 Å². The van der Waals surface area contributed by atoms with Crippen LogP contribution in [0.3, 0.4) is 0 Å². The van der Waals surface area contributed by atoms with E-state index in [9.17, 15) is 4.39 Å². The van der Waals surface area contributed by atoms with Crippen LogP contribution in [0.15, 0.2) is 24.4 Å². The van der Waals surface area contributed by atoms with Crippen LogP contribution in [0.5, 0.6) is 0 Å². The van der Waals surface area contributed by atoms with Gasteiger partial charge in [0.05, 0.1) is 17.1 Å². The number of benzene rings is 1. The zero-order chi connectivity index (χ0) is 14.7.